The molecule has 0 saturated carbocycles. The molecule has 2 heterocycles. The van der Waals surface area contributed by atoms with Gasteiger partial charge in [0.25, 0.3) is 0 Å². The van der Waals surface area contributed by atoms with Gasteiger partial charge in [-0.1, -0.05) is 6.92 Å². The molecule has 0 saturated heterocycles. The molecule has 0 radical (unpaired) electrons. The Hall–Kier alpha value is -1.62. The summed E-state index contributed by atoms with van der Waals surface area (Å²) in [6.07, 6.45) is 6.98. The highest BCUT2D eigenvalue weighted by Gasteiger charge is 2.09. The van der Waals surface area contributed by atoms with Crippen LogP contribution < -0.4 is 5.32 Å². The van der Waals surface area contributed by atoms with Crippen molar-refractivity contribution >= 4 is 0 Å². The van der Waals surface area contributed by atoms with Crippen molar-refractivity contribution in [3.8, 4) is 0 Å². The van der Waals surface area contributed by atoms with E-state index in [0.717, 1.165) is 31.9 Å². The Morgan fingerprint density at radius 2 is 2.10 bits per heavy atom. The minimum atomic E-state index is 0.142. The third kappa shape index (κ3) is 4.20. The molecular weight excluding hydrogens is 250 g/mol. The molecule has 0 amide bonds. The van der Waals surface area contributed by atoms with E-state index >= 15 is 0 Å². The first-order chi connectivity index (χ1) is 9.48. The van der Waals surface area contributed by atoms with E-state index in [0.29, 0.717) is 0 Å². The fourth-order valence-electron chi connectivity index (χ4n) is 2.03. The van der Waals surface area contributed by atoms with E-state index in [9.17, 15) is 0 Å². The first-order valence-electron chi connectivity index (χ1n) is 7.24. The van der Waals surface area contributed by atoms with Crippen LogP contribution in [0.3, 0.4) is 0 Å². The minimum absolute atomic E-state index is 0.142. The highest BCUT2D eigenvalue weighted by Crippen LogP contribution is 2.07. The smallest absolute Gasteiger partial charge is 0.146 e. The van der Waals surface area contributed by atoms with Gasteiger partial charge in [-0.25, -0.2) is 9.67 Å². The van der Waals surface area contributed by atoms with Gasteiger partial charge < -0.3 is 9.88 Å². The first kappa shape index (κ1) is 14.8. The van der Waals surface area contributed by atoms with Gasteiger partial charge in [0.2, 0.25) is 0 Å². The van der Waals surface area contributed by atoms with E-state index < -0.39 is 0 Å². The first-order valence-corrected chi connectivity index (χ1v) is 7.24. The summed E-state index contributed by atoms with van der Waals surface area (Å²) in [5, 5.41) is 7.75. The SMILES string of the molecule is CCCn1ncnc1Cn1ccc(CNC(C)(C)C)c1. The van der Waals surface area contributed by atoms with Crippen molar-refractivity contribution in [1.29, 1.82) is 0 Å². The maximum atomic E-state index is 4.34. The molecule has 2 aromatic heterocycles. The third-order valence-electron chi connectivity index (χ3n) is 3.09. The maximum Gasteiger partial charge on any atom is 0.146 e. The zero-order chi connectivity index (χ0) is 14.6. The lowest BCUT2D eigenvalue weighted by Gasteiger charge is -2.19. The van der Waals surface area contributed by atoms with Crippen LogP contribution in [0.25, 0.3) is 0 Å². The highest BCUT2D eigenvalue weighted by molar-refractivity contribution is 5.11. The molecule has 2 rings (SSSR count). The van der Waals surface area contributed by atoms with E-state index in [4.69, 9.17) is 0 Å². The summed E-state index contributed by atoms with van der Waals surface area (Å²) in [6, 6.07) is 2.15. The maximum absolute atomic E-state index is 4.34. The second kappa shape index (κ2) is 6.22. The van der Waals surface area contributed by atoms with Crippen LogP contribution in [0.4, 0.5) is 0 Å². The van der Waals surface area contributed by atoms with Gasteiger partial charge in [0.05, 0.1) is 6.54 Å². The number of aromatic nitrogens is 4. The second-order valence-electron chi connectivity index (χ2n) is 6.20. The number of aryl methyl sites for hydroxylation is 1. The molecule has 0 spiro atoms. The highest BCUT2D eigenvalue weighted by atomic mass is 15.3. The molecule has 2 aromatic rings. The minimum Gasteiger partial charge on any atom is -0.346 e. The Labute approximate surface area is 121 Å². The van der Waals surface area contributed by atoms with Crippen molar-refractivity contribution < 1.29 is 0 Å². The van der Waals surface area contributed by atoms with Crippen molar-refractivity contribution in [3.05, 3.63) is 36.2 Å². The predicted octanol–water partition coefficient (Wildman–Crippen LogP) is 2.43. The number of nitrogens with zero attached hydrogens (tertiary/aromatic N) is 4. The average molecular weight is 275 g/mol. The van der Waals surface area contributed by atoms with Crippen LogP contribution in [0.1, 0.15) is 45.5 Å². The Morgan fingerprint density at radius 1 is 1.30 bits per heavy atom. The monoisotopic (exact) mass is 275 g/mol. The van der Waals surface area contributed by atoms with E-state index in [1.54, 1.807) is 6.33 Å². The zero-order valence-corrected chi connectivity index (χ0v) is 12.9. The predicted molar refractivity (Wildman–Crippen MR) is 80.4 cm³/mol. The molecule has 0 aliphatic carbocycles. The van der Waals surface area contributed by atoms with Crippen molar-refractivity contribution in [2.75, 3.05) is 0 Å². The fourth-order valence-corrected chi connectivity index (χ4v) is 2.03. The summed E-state index contributed by atoms with van der Waals surface area (Å²) in [6.45, 7) is 11.3. The second-order valence-corrected chi connectivity index (χ2v) is 6.20. The summed E-state index contributed by atoms with van der Waals surface area (Å²) < 4.78 is 4.14. The summed E-state index contributed by atoms with van der Waals surface area (Å²) in [5.41, 5.74) is 1.44. The van der Waals surface area contributed by atoms with Crippen molar-refractivity contribution in [1.82, 2.24) is 24.6 Å². The largest absolute Gasteiger partial charge is 0.346 e. The topological polar surface area (TPSA) is 47.7 Å². The Morgan fingerprint density at radius 3 is 2.80 bits per heavy atom. The average Bonchev–Trinajstić information content (AvgIpc) is 2.97. The lowest BCUT2D eigenvalue weighted by Crippen LogP contribution is -2.34. The zero-order valence-electron chi connectivity index (χ0n) is 12.9. The van der Waals surface area contributed by atoms with Crippen molar-refractivity contribution in [2.45, 2.75) is 59.3 Å². The van der Waals surface area contributed by atoms with E-state index in [1.165, 1.54) is 5.56 Å². The molecule has 1 N–H and O–H groups in total. The quantitative estimate of drug-likeness (QED) is 0.881. The van der Waals surface area contributed by atoms with Crippen LogP contribution in [0.15, 0.2) is 24.8 Å². The molecule has 5 nitrogen and oxygen atoms in total. The Balaban J connectivity index is 1.97. The van der Waals surface area contributed by atoms with Crippen LogP contribution in [0, 0.1) is 0 Å². The van der Waals surface area contributed by atoms with Crippen LogP contribution in [-0.4, -0.2) is 24.9 Å². The van der Waals surface area contributed by atoms with E-state index in [1.807, 2.05) is 4.68 Å². The van der Waals surface area contributed by atoms with Crippen LogP contribution in [0.2, 0.25) is 0 Å². The Bertz CT molecular complexity index is 532. The molecule has 0 aliphatic rings. The van der Waals surface area contributed by atoms with Gasteiger partial charge in [0.1, 0.15) is 12.2 Å². The third-order valence-corrected chi connectivity index (χ3v) is 3.09. The van der Waals surface area contributed by atoms with Crippen molar-refractivity contribution in [2.24, 2.45) is 0 Å². The van der Waals surface area contributed by atoms with Gasteiger partial charge >= 0.3 is 0 Å². The number of rotatable bonds is 6. The van der Waals surface area contributed by atoms with Crippen LogP contribution in [0.5, 0.6) is 0 Å². The molecule has 20 heavy (non-hydrogen) atoms. The lowest BCUT2D eigenvalue weighted by atomic mass is 10.1. The molecule has 0 unspecified atom stereocenters. The van der Waals surface area contributed by atoms with E-state index in [2.05, 4.69) is 66.1 Å². The van der Waals surface area contributed by atoms with Gasteiger partial charge in [0, 0.05) is 31.0 Å². The van der Waals surface area contributed by atoms with Gasteiger partial charge in [-0.2, -0.15) is 5.10 Å². The standard InChI is InChI=1S/C15H25N5/c1-5-7-20-14(16-12-18-20)11-19-8-6-13(10-19)9-17-15(2,3)4/h6,8,10,12,17H,5,7,9,11H2,1-4H3. The summed E-state index contributed by atoms with van der Waals surface area (Å²) >= 11 is 0. The summed E-state index contributed by atoms with van der Waals surface area (Å²) in [5.74, 6) is 1.01. The molecule has 0 fully saturated rings. The van der Waals surface area contributed by atoms with Gasteiger partial charge in [0.15, 0.2) is 0 Å². The number of hydrogen-bond donors (Lipinski definition) is 1. The molecular formula is C15H25N5. The fraction of sp³-hybridized carbons (Fsp3) is 0.600. The Kier molecular flexibility index (Phi) is 4.60. The van der Waals surface area contributed by atoms with E-state index in [-0.39, 0.29) is 5.54 Å². The summed E-state index contributed by atoms with van der Waals surface area (Å²) in [7, 11) is 0. The summed E-state index contributed by atoms with van der Waals surface area (Å²) in [4.78, 5) is 4.34. The van der Waals surface area contributed by atoms with Gasteiger partial charge in [-0.15, -0.1) is 0 Å². The van der Waals surface area contributed by atoms with Crippen LogP contribution in [-0.2, 0) is 19.6 Å². The number of nitrogens with one attached hydrogen (secondary N) is 1. The normalized spacial score (nSPS) is 12.0. The molecule has 0 bridgehead atoms. The molecule has 0 aliphatic heterocycles. The molecule has 110 valence electrons. The number of hydrogen-bond acceptors (Lipinski definition) is 3. The van der Waals surface area contributed by atoms with Crippen molar-refractivity contribution in [3.63, 3.8) is 0 Å². The van der Waals surface area contributed by atoms with Gasteiger partial charge in [-0.3, -0.25) is 0 Å². The molecule has 0 aromatic carbocycles. The molecule has 0 atom stereocenters. The van der Waals surface area contributed by atoms with Gasteiger partial charge in [-0.05, 0) is 38.8 Å². The lowest BCUT2D eigenvalue weighted by molar-refractivity contribution is 0.424. The molecule has 5 heteroatoms. The van der Waals surface area contributed by atoms with Crippen LogP contribution >= 0.6 is 0 Å².